The van der Waals surface area contributed by atoms with Crippen LogP contribution in [0.2, 0.25) is 0 Å². The highest BCUT2D eigenvalue weighted by atomic mass is 16.5. The lowest BCUT2D eigenvalue weighted by Gasteiger charge is -2.32. The van der Waals surface area contributed by atoms with E-state index in [0.29, 0.717) is 18.7 Å². The average Bonchev–Trinajstić information content (AvgIpc) is 3.05. The molecule has 1 aliphatic heterocycles. The maximum atomic E-state index is 13.0. The minimum atomic E-state index is 0.0847. The zero-order valence-electron chi connectivity index (χ0n) is 15.9. The molecular weight excluding hydrogens is 338 g/mol. The van der Waals surface area contributed by atoms with Crippen LogP contribution in [0, 0.1) is 0 Å². The third-order valence-electron chi connectivity index (χ3n) is 5.31. The lowest BCUT2D eigenvalue weighted by molar-refractivity contribution is 0.0703. The fourth-order valence-corrected chi connectivity index (χ4v) is 3.94. The average molecular weight is 363 g/mol. The Morgan fingerprint density at radius 3 is 2.70 bits per heavy atom. The molecule has 0 radical (unpaired) electrons. The molecule has 27 heavy (non-hydrogen) atoms. The van der Waals surface area contributed by atoms with Crippen molar-refractivity contribution in [3.05, 3.63) is 59.9 Å². The molecule has 2 aromatic carbocycles. The third-order valence-corrected chi connectivity index (χ3v) is 5.31. The molecule has 0 bridgehead atoms. The summed E-state index contributed by atoms with van der Waals surface area (Å²) < 4.78 is 7.64. The maximum absolute atomic E-state index is 13.0. The van der Waals surface area contributed by atoms with Gasteiger partial charge in [0, 0.05) is 31.6 Å². The van der Waals surface area contributed by atoms with Crippen molar-refractivity contribution in [2.45, 2.75) is 25.7 Å². The molecule has 3 aromatic rings. The van der Waals surface area contributed by atoms with Crippen molar-refractivity contribution >= 4 is 16.9 Å². The van der Waals surface area contributed by atoms with Crippen LogP contribution in [0.25, 0.3) is 11.0 Å². The van der Waals surface area contributed by atoms with Crippen LogP contribution >= 0.6 is 0 Å². The van der Waals surface area contributed by atoms with E-state index >= 15 is 0 Å². The number of likely N-dealkylation sites (tertiary alicyclic amines) is 1. The number of aromatic nitrogens is 2. The lowest BCUT2D eigenvalue weighted by Crippen LogP contribution is -2.39. The zero-order chi connectivity index (χ0) is 18.8. The number of nitrogens with zero attached hydrogens (tertiary/aromatic N) is 3. The molecule has 1 saturated heterocycles. The number of piperidine rings is 1. The van der Waals surface area contributed by atoms with Crippen molar-refractivity contribution in [3.8, 4) is 5.75 Å². The van der Waals surface area contributed by atoms with Gasteiger partial charge in [0.25, 0.3) is 5.91 Å². The quantitative estimate of drug-likeness (QED) is 0.704. The Bertz CT molecular complexity index is 946. The van der Waals surface area contributed by atoms with Crippen LogP contribution < -0.4 is 4.74 Å². The molecule has 1 aromatic heterocycles. The van der Waals surface area contributed by atoms with Gasteiger partial charge < -0.3 is 14.2 Å². The molecule has 140 valence electrons. The van der Waals surface area contributed by atoms with Crippen LogP contribution in [0.4, 0.5) is 0 Å². The SMILES string of the molecule is CCOc1ccc(C(=O)N2CCCC(c3nc4ccccc4n3C)C2)cc1. The second-order valence-electron chi connectivity index (χ2n) is 7.07. The first-order valence-electron chi connectivity index (χ1n) is 9.61. The number of rotatable bonds is 4. The van der Waals surface area contributed by atoms with Gasteiger partial charge in [0.1, 0.15) is 11.6 Å². The molecule has 0 spiro atoms. The largest absolute Gasteiger partial charge is 0.494 e. The molecule has 1 unspecified atom stereocenters. The van der Waals surface area contributed by atoms with E-state index in [1.807, 2.05) is 54.3 Å². The highest BCUT2D eigenvalue weighted by Crippen LogP contribution is 2.29. The molecule has 0 saturated carbocycles. The first-order valence-corrected chi connectivity index (χ1v) is 9.61. The van der Waals surface area contributed by atoms with Crippen molar-refractivity contribution in [2.24, 2.45) is 7.05 Å². The Morgan fingerprint density at radius 2 is 1.96 bits per heavy atom. The minimum Gasteiger partial charge on any atom is -0.494 e. The first-order chi connectivity index (χ1) is 13.2. The van der Waals surface area contributed by atoms with E-state index < -0.39 is 0 Å². The van der Waals surface area contributed by atoms with Gasteiger partial charge in [0.15, 0.2) is 0 Å². The van der Waals surface area contributed by atoms with E-state index in [0.717, 1.165) is 42.0 Å². The van der Waals surface area contributed by atoms with Gasteiger partial charge in [-0.2, -0.15) is 0 Å². The molecule has 2 heterocycles. The number of carbonyl (C=O) groups excluding carboxylic acids is 1. The molecule has 1 atom stereocenters. The molecular formula is C22H25N3O2. The number of hydrogen-bond acceptors (Lipinski definition) is 3. The van der Waals surface area contributed by atoms with Gasteiger partial charge >= 0.3 is 0 Å². The van der Waals surface area contributed by atoms with Crippen LogP contribution in [0.5, 0.6) is 5.75 Å². The van der Waals surface area contributed by atoms with Gasteiger partial charge in [0.05, 0.1) is 17.6 Å². The van der Waals surface area contributed by atoms with E-state index in [1.54, 1.807) is 0 Å². The summed E-state index contributed by atoms with van der Waals surface area (Å²) in [4.78, 5) is 19.8. The monoisotopic (exact) mass is 363 g/mol. The van der Waals surface area contributed by atoms with Crippen molar-refractivity contribution in [3.63, 3.8) is 0 Å². The van der Waals surface area contributed by atoms with Crippen LogP contribution in [0.1, 0.15) is 41.9 Å². The summed E-state index contributed by atoms with van der Waals surface area (Å²) in [6, 6.07) is 15.6. The fourth-order valence-electron chi connectivity index (χ4n) is 3.94. The van der Waals surface area contributed by atoms with Crippen LogP contribution in [0.15, 0.2) is 48.5 Å². The highest BCUT2D eigenvalue weighted by molar-refractivity contribution is 5.94. The van der Waals surface area contributed by atoms with Gasteiger partial charge in [0.2, 0.25) is 0 Å². The summed E-state index contributed by atoms with van der Waals surface area (Å²) in [5, 5.41) is 0. The molecule has 5 nitrogen and oxygen atoms in total. The Labute approximate surface area is 159 Å². The van der Waals surface area contributed by atoms with E-state index in [1.165, 1.54) is 0 Å². The second kappa shape index (κ2) is 7.43. The van der Waals surface area contributed by atoms with Crippen LogP contribution in [-0.4, -0.2) is 40.1 Å². The second-order valence-corrected chi connectivity index (χ2v) is 7.07. The normalized spacial score (nSPS) is 17.3. The number of fused-ring (bicyclic) bond motifs is 1. The lowest BCUT2D eigenvalue weighted by atomic mass is 9.96. The summed E-state index contributed by atoms with van der Waals surface area (Å²) in [6.07, 6.45) is 2.06. The number of para-hydroxylation sites is 2. The van der Waals surface area contributed by atoms with Gasteiger partial charge in [-0.25, -0.2) is 4.98 Å². The van der Waals surface area contributed by atoms with Gasteiger partial charge in [-0.1, -0.05) is 12.1 Å². The Kier molecular flexibility index (Phi) is 4.84. The molecule has 5 heteroatoms. The standard InChI is InChI=1S/C22H25N3O2/c1-3-27-18-12-10-16(11-13-18)22(26)25-14-6-7-17(15-25)21-23-19-8-4-5-9-20(19)24(21)2/h4-5,8-13,17H,3,6-7,14-15H2,1-2H3. The summed E-state index contributed by atoms with van der Waals surface area (Å²) in [6.45, 7) is 4.09. The maximum Gasteiger partial charge on any atom is 0.253 e. The predicted molar refractivity (Wildman–Crippen MR) is 106 cm³/mol. The first kappa shape index (κ1) is 17.6. The number of ether oxygens (including phenoxy) is 1. The van der Waals surface area contributed by atoms with Crippen LogP contribution in [0.3, 0.4) is 0 Å². The van der Waals surface area contributed by atoms with Crippen molar-refractivity contribution in [1.29, 1.82) is 0 Å². The molecule has 4 rings (SSSR count). The number of aryl methyl sites for hydroxylation is 1. The summed E-state index contributed by atoms with van der Waals surface area (Å²) in [5.41, 5.74) is 2.87. The molecule has 0 N–H and O–H groups in total. The van der Waals surface area contributed by atoms with E-state index in [9.17, 15) is 4.79 Å². The summed E-state index contributed by atoms with van der Waals surface area (Å²) >= 11 is 0. The van der Waals surface area contributed by atoms with Crippen molar-refractivity contribution in [1.82, 2.24) is 14.5 Å². The highest BCUT2D eigenvalue weighted by Gasteiger charge is 2.28. The van der Waals surface area contributed by atoms with E-state index in [2.05, 4.69) is 17.7 Å². The Hall–Kier alpha value is -2.82. The predicted octanol–water partition coefficient (Wildman–Crippen LogP) is 3.99. The fraction of sp³-hybridized carbons (Fsp3) is 0.364. The number of amides is 1. The molecule has 1 amide bonds. The van der Waals surface area contributed by atoms with Crippen LogP contribution in [-0.2, 0) is 7.05 Å². The van der Waals surface area contributed by atoms with Gasteiger partial charge in [-0.15, -0.1) is 0 Å². The number of hydrogen-bond donors (Lipinski definition) is 0. The Morgan fingerprint density at radius 1 is 1.19 bits per heavy atom. The number of carbonyl (C=O) groups is 1. The smallest absolute Gasteiger partial charge is 0.253 e. The van der Waals surface area contributed by atoms with Crippen molar-refractivity contribution < 1.29 is 9.53 Å². The Balaban J connectivity index is 1.53. The number of benzene rings is 2. The van der Waals surface area contributed by atoms with E-state index in [-0.39, 0.29) is 11.8 Å². The van der Waals surface area contributed by atoms with E-state index in [4.69, 9.17) is 9.72 Å². The van der Waals surface area contributed by atoms with Crippen molar-refractivity contribution in [2.75, 3.05) is 19.7 Å². The minimum absolute atomic E-state index is 0.0847. The van der Waals surface area contributed by atoms with Gasteiger partial charge in [-0.05, 0) is 56.2 Å². The number of imidazole rings is 1. The summed E-state index contributed by atoms with van der Waals surface area (Å²) in [7, 11) is 2.07. The van der Waals surface area contributed by atoms with Gasteiger partial charge in [-0.3, -0.25) is 4.79 Å². The third kappa shape index (κ3) is 3.42. The molecule has 1 aliphatic rings. The topological polar surface area (TPSA) is 47.4 Å². The zero-order valence-corrected chi connectivity index (χ0v) is 15.9. The summed E-state index contributed by atoms with van der Waals surface area (Å²) in [5.74, 6) is 2.22. The molecule has 1 fully saturated rings. The molecule has 0 aliphatic carbocycles.